The first-order chi connectivity index (χ1) is 13.4. The molecule has 3 rings (SSSR count). The molecular formula is C20H18ClN3O4. The van der Waals surface area contributed by atoms with E-state index in [2.05, 4.69) is 10.3 Å². The van der Waals surface area contributed by atoms with Crippen molar-refractivity contribution in [2.24, 2.45) is 0 Å². The molecule has 1 aromatic heterocycles. The molecule has 28 heavy (non-hydrogen) atoms. The molecule has 1 atom stereocenters. The van der Waals surface area contributed by atoms with Gasteiger partial charge in [-0.05, 0) is 36.2 Å². The molecule has 7 nitrogen and oxygen atoms in total. The van der Waals surface area contributed by atoms with Crippen LogP contribution in [0.2, 0.25) is 5.02 Å². The van der Waals surface area contributed by atoms with Crippen molar-refractivity contribution in [3.8, 4) is 5.75 Å². The lowest BCUT2D eigenvalue weighted by Crippen LogP contribution is -2.29. The Morgan fingerprint density at radius 1 is 1.32 bits per heavy atom. The van der Waals surface area contributed by atoms with Crippen LogP contribution in [0.3, 0.4) is 0 Å². The van der Waals surface area contributed by atoms with Crippen molar-refractivity contribution < 1.29 is 14.8 Å². The molecule has 8 heteroatoms. The maximum atomic E-state index is 12.3. The van der Waals surface area contributed by atoms with Crippen LogP contribution in [0.4, 0.5) is 5.69 Å². The Balaban J connectivity index is 2.22. The zero-order valence-electron chi connectivity index (χ0n) is 15.1. The molecule has 0 aliphatic rings. The van der Waals surface area contributed by atoms with Crippen LogP contribution in [0.1, 0.15) is 36.9 Å². The van der Waals surface area contributed by atoms with Gasteiger partial charge in [-0.15, -0.1) is 0 Å². The largest absolute Gasteiger partial charge is 0.505 e. The number of benzene rings is 2. The second kappa shape index (κ2) is 8.22. The number of amides is 1. The van der Waals surface area contributed by atoms with Gasteiger partial charge in [-0.25, -0.2) is 0 Å². The molecule has 0 aliphatic heterocycles. The quantitative estimate of drug-likeness (QED) is 0.468. The van der Waals surface area contributed by atoms with Crippen molar-refractivity contribution in [3.05, 3.63) is 74.9 Å². The average molecular weight is 400 g/mol. The van der Waals surface area contributed by atoms with Crippen molar-refractivity contribution in [1.82, 2.24) is 10.3 Å². The molecule has 0 aliphatic carbocycles. The minimum atomic E-state index is -0.790. The van der Waals surface area contributed by atoms with Gasteiger partial charge in [0.2, 0.25) is 5.91 Å². The summed E-state index contributed by atoms with van der Waals surface area (Å²) < 4.78 is 0. The van der Waals surface area contributed by atoms with E-state index in [1.165, 1.54) is 18.3 Å². The summed E-state index contributed by atoms with van der Waals surface area (Å²) in [6.07, 6.45) is 2.38. The lowest BCUT2D eigenvalue weighted by atomic mass is 9.95. The van der Waals surface area contributed by atoms with Crippen molar-refractivity contribution in [1.29, 1.82) is 0 Å². The van der Waals surface area contributed by atoms with Crippen LogP contribution in [0.15, 0.2) is 48.7 Å². The van der Waals surface area contributed by atoms with Crippen molar-refractivity contribution >= 4 is 34.1 Å². The number of phenols is 1. The molecule has 0 bridgehead atoms. The van der Waals surface area contributed by atoms with Crippen LogP contribution >= 0.6 is 11.6 Å². The Labute approximate surface area is 166 Å². The van der Waals surface area contributed by atoms with E-state index in [4.69, 9.17) is 11.6 Å². The van der Waals surface area contributed by atoms with Crippen LogP contribution in [0.5, 0.6) is 5.75 Å². The number of aromatic hydroxyl groups is 1. The third-order valence-electron chi connectivity index (χ3n) is 4.37. The predicted octanol–water partition coefficient (Wildman–Crippen LogP) is 4.51. The van der Waals surface area contributed by atoms with Gasteiger partial charge in [0.25, 0.3) is 5.69 Å². The SMILES string of the molecule is CCCC(=O)NC(c1ccc(Cl)cc1)c1cc([N+](=O)[O-])c2cccnc2c1O. The summed E-state index contributed by atoms with van der Waals surface area (Å²) in [6, 6.07) is 10.3. The van der Waals surface area contributed by atoms with E-state index in [-0.39, 0.29) is 33.8 Å². The maximum Gasteiger partial charge on any atom is 0.279 e. The van der Waals surface area contributed by atoms with Gasteiger partial charge in [-0.2, -0.15) is 0 Å². The van der Waals surface area contributed by atoms with E-state index >= 15 is 0 Å². The number of phenolic OH excluding ortho intramolecular Hbond substituents is 1. The molecule has 144 valence electrons. The number of carbonyl (C=O) groups excluding carboxylic acids is 1. The molecule has 0 saturated carbocycles. The normalized spacial score (nSPS) is 11.9. The number of nitrogens with zero attached hydrogens (tertiary/aromatic N) is 2. The van der Waals surface area contributed by atoms with Crippen LogP contribution < -0.4 is 5.32 Å². The molecule has 3 aromatic rings. The number of hydrogen-bond acceptors (Lipinski definition) is 5. The first-order valence-electron chi connectivity index (χ1n) is 8.72. The van der Waals surface area contributed by atoms with Crippen LogP contribution in [-0.2, 0) is 4.79 Å². The first kappa shape index (κ1) is 19.6. The lowest BCUT2D eigenvalue weighted by molar-refractivity contribution is -0.383. The second-order valence-electron chi connectivity index (χ2n) is 6.29. The fourth-order valence-corrected chi connectivity index (χ4v) is 3.18. The fourth-order valence-electron chi connectivity index (χ4n) is 3.06. The Kier molecular flexibility index (Phi) is 5.75. The summed E-state index contributed by atoms with van der Waals surface area (Å²) in [5.74, 6) is -0.441. The van der Waals surface area contributed by atoms with Crippen LogP contribution in [0, 0.1) is 10.1 Å². The van der Waals surface area contributed by atoms with Gasteiger partial charge in [0, 0.05) is 29.3 Å². The fraction of sp³-hybridized carbons (Fsp3) is 0.200. The van der Waals surface area contributed by atoms with Gasteiger partial charge >= 0.3 is 0 Å². The van der Waals surface area contributed by atoms with Crippen molar-refractivity contribution in [2.75, 3.05) is 0 Å². The Morgan fingerprint density at radius 3 is 2.68 bits per heavy atom. The Bertz CT molecular complexity index is 1040. The van der Waals surface area contributed by atoms with Gasteiger partial charge in [-0.1, -0.05) is 30.7 Å². The Hall–Kier alpha value is -3.19. The lowest BCUT2D eigenvalue weighted by Gasteiger charge is -2.21. The highest BCUT2D eigenvalue weighted by Crippen LogP contribution is 2.39. The molecule has 2 aromatic carbocycles. The van der Waals surface area contributed by atoms with Crippen LogP contribution in [-0.4, -0.2) is 20.9 Å². The number of hydrogen-bond donors (Lipinski definition) is 2. The van der Waals surface area contributed by atoms with Gasteiger partial charge in [0.05, 0.1) is 16.4 Å². The molecule has 0 fully saturated rings. The number of pyridine rings is 1. The zero-order valence-corrected chi connectivity index (χ0v) is 15.8. The second-order valence-corrected chi connectivity index (χ2v) is 6.73. The molecule has 1 heterocycles. The average Bonchev–Trinajstić information content (AvgIpc) is 2.68. The summed E-state index contributed by atoms with van der Waals surface area (Å²) in [5.41, 5.74) is 0.744. The molecule has 0 radical (unpaired) electrons. The van der Waals surface area contributed by atoms with Gasteiger partial charge in [-0.3, -0.25) is 19.9 Å². The molecular weight excluding hydrogens is 382 g/mol. The van der Waals surface area contributed by atoms with Gasteiger partial charge in [0.1, 0.15) is 11.3 Å². The number of nitrogens with one attached hydrogen (secondary N) is 1. The smallest absolute Gasteiger partial charge is 0.279 e. The predicted molar refractivity (Wildman–Crippen MR) is 106 cm³/mol. The minimum absolute atomic E-state index is 0.107. The number of nitro benzene ring substituents is 1. The summed E-state index contributed by atoms with van der Waals surface area (Å²) in [4.78, 5) is 27.5. The van der Waals surface area contributed by atoms with E-state index in [1.807, 2.05) is 6.92 Å². The molecule has 1 unspecified atom stereocenters. The summed E-state index contributed by atoms with van der Waals surface area (Å²) in [5, 5.41) is 26.0. The van der Waals surface area contributed by atoms with E-state index in [9.17, 15) is 20.0 Å². The maximum absolute atomic E-state index is 12.3. The van der Waals surface area contributed by atoms with E-state index in [0.717, 1.165) is 0 Å². The monoisotopic (exact) mass is 399 g/mol. The van der Waals surface area contributed by atoms with Crippen molar-refractivity contribution in [3.63, 3.8) is 0 Å². The molecule has 0 spiro atoms. The first-order valence-corrected chi connectivity index (χ1v) is 9.10. The number of carbonyl (C=O) groups is 1. The topological polar surface area (TPSA) is 105 Å². The number of fused-ring (bicyclic) bond motifs is 1. The van der Waals surface area contributed by atoms with Gasteiger partial charge < -0.3 is 10.4 Å². The van der Waals surface area contributed by atoms with E-state index < -0.39 is 11.0 Å². The Morgan fingerprint density at radius 2 is 2.04 bits per heavy atom. The number of rotatable bonds is 6. The summed E-state index contributed by atoms with van der Waals surface area (Å²) in [6.45, 7) is 1.87. The molecule has 0 saturated heterocycles. The van der Waals surface area contributed by atoms with Gasteiger partial charge in [0.15, 0.2) is 0 Å². The van der Waals surface area contributed by atoms with E-state index in [1.54, 1.807) is 30.3 Å². The standard InChI is InChI=1S/C20H18ClN3O4/c1-2-4-17(25)23-18(12-6-8-13(21)9-7-12)15-11-16(24(27)28)14-5-3-10-22-19(14)20(15)26/h3,5-11,18,26H,2,4H2,1H3,(H,23,25). The third kappa shape index (κ3) is 3.89. The third-order valence-corrected chi connectivity index (χ3v) is 4.62. The molecule has 2 N–H and O–H groups in total. The highest BCUT2D eigenvalue weighted by molar-refractivity contribution is 6.30. The van der Waals surface area contributed by atoms with Crippen molar-refractivity contribution in [2.45, 2.75) is 25.8 Å². The zero-order chi connectivity index (χ0) is 20.3. The molecule has 1 amide bonds. The number of halogens is 1. The summed E-state index contributed by atoms with van der Waals surface area (Å²) in [7, 11) is 0. The minimum Gasteiger partial charge on any atom is -0.505 e. The summed E-state index contributed by atoms with van der Waals surface area (Å²) >= 11 is 5.96. The highest BCUT2D eigenvalue weighted by atomic mass is 35.5. The van der Waals surface area contributed by atoms with Crippen LogP contribution in [0.25, 0.3) is 10.9 Å². The number of aromatic nitrogens is 1. The number of non-ortho nitro benzene ring substituents is 1. The highest BCUT2D eigenvalue weighted by Gasteiger charge is 2.26. The van der Waals surface area contributed by atoms with E-state index in [0.29, 0.717) is 23.4 Å². The number of nitro groups is 1.